The summed E-state index contributed by atoms with van der Waals surface area (Å²) in [6.07, 6.45) is 6.41. The Hall–Kier alpha value is -1.17. The van der Waals surface area contributed by atoms with Crippen molar-refractivity contribution in [1.29, 1.82) is 0 Å². The van der Waals surface area contributed by atoms with Crippen LogP contribution in [-0.4, -0.2) is 34.2 Å². The van der Waals surface area contributed by atoms with Crippen LogP contribution in [0.3, 0.4) is 0 Å². The van der Waals surface area contributed by atoms with Gasteiger partial charge in [-0.25, -0.2) is 4.79 Å². The van der Waals surface area contributed by atoms with E-state index in [2.05, 4.69) is 43.2 Å². The van der Waals surface area contributed by atoms with Crippen molar-refractivity contribution in [1.82, 2.24) is 20.4 Å². The zero-order valence-corrected chi connectivity index (χ0v) is 15.9. The van der Waals surface area contributed by atoms with Crippen molar-refractivity contribution in [2.45, 2.75) is 77.8 Å². The smallest absolute Gasteiger partial charge is 0.317 e. The average molecular weight is 339 g/mol. The Morgan fingerprint density at radius 2 is 1.96 bits per heavy atom. The molecule has 2 amide bonds. The lowest BCUT2D eigenvalue weighted by Crippen LogP contribution is -2.45. The van der Waals surface area contributed by atoms with Crippen LogP contribution in [-0.2, 0) is 12.0 Å². The summed E-state index contributed by atoms with van der Waals surface area (Å²) in [4.78, 5) is 14.2. The molecule has 1 fully saturated rings. The highest BCUT2D eigenvalue weighted by Crippen LogP contribution is 2.28. The Balaban J connectivity index is 1.84. The van der Waals surface area contributed by atoms with Gasteiger partial charge in [0.05, 0.1) is 6.54 Å². The van der Waals surface area contributed by atoms with Crippen molar-refractivity contribution >= 4 is 17.4 Å². The Bertz CT molecular complexity index is 517. The third kappa shape index (κ3) is 4.90. The van der Waals surface area contributed by atoms with Crippen molar-refractivity contribution in [2.75, 3.05) is 7.05 Å². The molecule has 6 heteroatoms. The van der Waals surface area contributed by atoms with Crippen LogP contribution in [0.1, 0.15) is 69.8 Å². The van der Waals surface area contributed by atoms with Crippen LogP contribution in [0, 0.1) is 5.92 Å². The second kappa shape index (κ2) is 7.60. The zero-order valence-electron chi connectivity index (χ0n) is 15.1. The molecule has 1 aliphatic carbocycles. The molecule has 1 aliphatic rings. The van der Waals surface area contributed by atoms with Crippen LogP contribution in [0.4, 0.5) is 4.79 Å². The van der Waals surface area contributed by atoms with Crippen LogP contribution in [0.25, 0.3) is 0 Å². The lowest BCUT2D eigenvalue weighted by molar-refractivity contribution is 0.156. The number of amides is 2. The second-order valence-electron chi connectivity index (χ2n) is 7.66. The summed E-state index contributed by atoms with van der Waals surface area (Å²) >= 11 is 1.57. The van der Waals surface area contributed by atoms with Crippen molar-refractivity contribution in [3.05, 3.63) is 10.0 Å². The minimum atomic E-state index is -0.0180. The van der Waals surface area contributed by atoms with E-state index in [0.29, 0.717) is 12.5 Å². The van der Waals surface area contributed by atoms with E-state index in [1.165, 1.54) is 32.1 Å². The summed E-state index contributed by atoms with van der Waals surface area (Å²) < 4.78 is 0. The van der Waals surface area contributed by atoms with Crippen LogP contribution < -0.4 is 5.32 Å². The summed E-state index contributed by atoms with van der Waals surface area (Å²) in [7, 11) is 1.90. The third-order valence-corrected chi connectivity index (χ3v) is 6.11. The van der Waals surface area contributed by atoms with Gasteiger partial charge in [-0.3, -0.25) is 0 Å². The first kappa shape index (κ1) is 18.2. The van der Waals surface area contributed by atoms with Gasteiger partial charge in [-0.1, -0.05) is 51.4 Å². The van der Waals surface area contributed by atoms with Crippen molar-refractivity contribution < 1.29 is 4.79 Å². The highest BCUT2D eigenvalue weighted by atomic mass is 32.1. The van der Waals surface area contributed by atoms with Gasteiger partial charge in [0.2, 0.25) is 0 Å². The lowest BCUT2D eigenvalue weighted by atomic mass is 9.84. The van der Waals surface area contributed by atoms with Gasteiger partial charge in [0.1, 0.15) is 10.0 Å². The summed E-state index contributed by atoms with van der Waals surface area (Å²) in [5.41, 5.74) is 0.00616. The number of rotatable bonds is 4. The molecule has 2 rings (SSSR count). The quantitative estimate of drug-likeness (QED) is 0.904. The maximum Gasteiger partial charge on any atom is 0.317 e. The van der Waals surface area contributed by atoms with Crippen LogP contribution in [0.5, 0.6) is 0 Å². The Morgan fingerprint density at radius 3 is 2.52 bits per heavy atom. The fourth-order valence-corrected chi connectivity index (χ4v) is 3.86. The third-order valence-electron chi connectivity index (χ3n) is 4.76. The monoisotopic (exact) mass is 338 g/mol. The van der Waals surface area contributed by atoms with Gasteiger partial charge in [-0.15, -0.1) is 10.2 Å². The average Bonchev–Trinajstić information content (AvgIpc) is 3.01. The molecular weight excluding hydrogens is 308 g/mol. The van der Waals surface area contributed by atoms with E-state index in [9.17, 15) is 4.79 Å². The molecular formula is C17H30N4OS. The molecule has 0 bridgehead atoms. The summed E-state index contributed by atoms with van der Waals surface area (Å²) in [5.74, 6) is 0.633. The van der Waals surface area contributed by atoms with Crippen molar-refractivity contribution in [3.63, 3.8) is 0 Å². The van der Waals surface area contributed by atoms with E-state index in [1.807, 2.05) is 11.9 Å². The van der Waals surface area contributed by atoms with E-state index in [-0.39, 0.29) is 17.5 Å². The number of hydrogen-bond donors (Lipinski definition) is 1. The first-order valence-corrected chi connectivity index (χ1v) is 9.44. The van der Waals surface area contributed by atoms with E-state index in [1.54, 1.807) is 11.3 Å². The van der Waals surface area contributed by atoms with Gasteiger partial charge in [-0.05, 0) is 25.7 Å². The number of nitrogens with one attached hydrogen (secondary N) is 1. The molecule has 1 N–H and O–H groups in total. The first-order chi connectivity index (χ1) is 10.8. The number of carbonyl (C=O) groups excluding carboxylic acids is 1. The Labute approximate surface area is 143 Å². The molecule has 0 unspecified atom stereocenters. The Kier molecular flexibility index (Phi) is 6.00. The predicted molar refractivity (Wildman–Crippen MR) is 94.6 cm³/mol. The molecule has 0 spiro atoms. The van der Waals surface area contributed by atoms with Gasteiger partial charge in [0.25, 0.3) is 0 Å². The molecule has 1 saturated carbocycles. The number of carbonyl (C=O) groups is 1. The van der Waals surface area contributed by atoms with Gasteiger partial charge < -0.3 is 10.2 Å². The number of aromatic nitrogens is 2. The SMILES string of the molecule is C[C@@H](C1CCCCC1)N(C)C(=O)NCc1nnc(C(C)(C)C)s1. The van der Waals surface area contributed by atoms with Gasteiger partial charge in [-0.2, -0.15) is 0 Å². The van der Waals surface area contributed by atoms with Crippen molar-refractivity contribution in [3.8, 4) is 0 Å². The summed E-state index contributed by atoms with van der Waals surface area (Å²) in [6, 6.07) is 0.269. The molecule has 1 heterocycles. The highest BCUT2D eigenvalue weighted by Gasteiger charge is 2.26. The van der Waals surface area contributed by atoms with Crippen molar-refractivity contribution in [2.24, 2.45) is 5.92 Å². The minimum Gasteiger partial charge on any atom is -0.331 e. The minimum absolute atomic E-state index is 0.00616. The maximum atomic E-state index is 12.4. The Morgan fingerprint density at radius 1 is 1.30 bits per heavy atom. The molecule has 0 radical (unpaired) electrons. The predicted octanol–water partition coefficient (Wildman–Crippen LogP) is 3.95. The lowest BCUT2D eigenvalue weighted by Gasteiger charge is -2.34. The summed E-state index contributed by atoms with van der Waals surface area (Å²) in [6.45, 7) is 8.98. The molecule has 0 saturated heterocycles. The molecule has 0 aliphatic heterocycles. The van der Waals surface area contributed by atoms with E-state index in [0.717, 1.165) is 10.0 Å². The van der Waals surface area contributed by atoms with E-state index < -0.39 is 0 Å². The molecule has 1 aromatic rings. The first-order valence-electron chi connectivity index (χ1n) is 8.62. The second-order valence-corrected chi connectivity index (χ2v) is 8.72. The molecule has 23 heavy (non-hydrogen) atoms. The molecule has 5 nitrogen and oxygen atoms in total. The van der Waals surface area contributed by atoms with Gasteiger partial charge in [0.15, 0.2) is 0 Å². The maximum absolute atomic E-state index is 12.4. The number of hydrogen-bond acceptors (Lipinski definition) is 4. The normalized spacial score (nSPS) is 17.8. The summed E-state index contributed by atoms with van der Waals surface area (Å²) in [5, 5.41) is 13.3. The largest absolute Gasteiger partial charge is 0.331 e. The van der Waals surface area contributed by atoms with Crippen LogP contribution >= 0.6 is 11.3 Å². The molecule has 1 atom stereocenters. The number of urea groups is 1. The van der Waals surface area contributed by atoms with E-state index >= 15 is 0 Å². The fourth-order valence-electron chi connectivity index (χ4n) is 3.02. The fraction of sp³-hybridized carbons (Fsp3) is 0.824. The number of nitrogens with zero attached hydrogens (tertiary/aromatic N) is 3. The topological polar surface area (TPSA) is 58.1 Å². The zero-order chi connectivity index (χ0) is 17.0. The molecule has 0 aromatic carbocycles. The molecule has 1 aromatic heterocycles. The van der Waals surface area contributed by atoms with Gasteiger partial charge in [0, 0.05) is 18.5 Å². The highest BCUT2D eigenvalue weighted by molar-refractivity contribution is 7.11. The molecule has 130 valence electrons. The standard InChI is InChI=1S/C17H30N4OS/c1-12(13-9-7-6-8-10-13)21(5)16(22)18-11-14-19-20-15(23-14)17(2,3)4/h12-13H,6-11H2,1-5H3,(H,18,22)/t12-/m0/s1. The van der Waals surface area contributed by atoms with E-state index in [4.69, 9.17) is 0 Å². The van der Waals surface area contributed by atoms with Crippen LogP contribution in [0.2, 0.25) is 0 Å². The van der Waals surface area contributed by atoms with Gasteiger partial charge >= 0.3 is 6.03 Å². The van der Waals surface area contributed by atoms with Crippen LogP contribution in [0.15, 0.2) is 0 Å².